The molecule has 1 aromatic heterocycles. The first-order valence-corrected chi connectivity index (χ1v) is 9.01. The van der Waals surface area contributed by atoms with E-state index in [2.05, 4.69) is 10.1 Å². The largest absolute Gasteiger partial charge is 0.480 e. The van der Waals surface area contributed by atoms with Crippen LogP contribution in [0, 0.1) is 0 Å². The maximum Gasteiger partial charge on any atom is 0.329 e. The van der Waals surface area contributed by atoms with Crippen molar-refractivity contribution in [2.24, 2.45) is 0 Å². The number of carbonyl (C=O) groups is 2. The molecule has 1 aliphatic heterocycles. The molecular weight excluding hydrogens is 379 g/mol. The van der Waals surface area contributed by atoms with E-state index in [1.807, 2.05) is 6.92 Å². The maximum absolute atomic E-state index is 12.9. The highest BCUT2D eigenvalue weighted by Gasteiger charge is 2.47. The SMILES string of the molecule is CCc1nc(C(=O)N2CCCC2(C)C(=O)O)nn1-c1c(Cl)cccc1Cl. The Morgan fingerprint density at radius 1 is 1.31 bits per heavy atom. The maximum atomic E-state index is 12.9. The number of aromatic nitrogens is 3. The van der Waals surface area contributed by atoms with Gasteiger partial charge < -0.3 is 10.0 Å². The van der Waals surface area contributed by atoms with Crippen molar-refractivity contribution in [2.45, 2.75) is 38.6 Å². The Kier molecular flexibility index (Phi) is 4.94. The number of carboxylic acids is 1. The first-order valence-electron chi connectivity index (χ1n) is 8.25. The van der Waals surface area contributed by atoms with Crippen molar-refractivity contribution in [3.63, 3.8) is 0 Å². The van der Waals surface area contributed by atoms with E-state index in [1.54, 1.807) is 25.1 Å². The van der Waals surface area contributed by atoms with E-state index < -0.39 is 17.4 Å². The zero-order chi connectivity index (χ0) is 19.1. The third-order valence-electron chi connectivity index (χ3n) is 4.68. The summed E-state index contributed by atoms with van der Waals surface area (Å²) in [5, 5.41) is 14.6. The number of aliphatic carboxylic acids is 1. The van der Waals surface area contributed by atoms with Gasteiger partial charge in [0.15, 0.2) is 0 Å². The normalized spacial score (nSPS) is 19.8. The van der Waals surface area contributed by atoms with E-state index >= 15 is 0 Å². The lowest BCUT2D eigenvalue weighted by Gasteiger charge is -2.30. The fourth-order valence-electron chi connectivity index (χ4n) is 3.17. The van der Waals surface area contributed by atoms with E-state index in [0.29, 0.717) is 47.4 Å². The zero-order valence-electron chi connectivity index (χ0n) is 14.4. The Morgan fingerprint density at radius 3 is 2.54 bits per heavy atom. The fraction of sp³-hybridized carbons (Fsp3) is 0.412. The summed E-state index contributed by atoms with van der Waals surface area (Å²) in [6, 6.07) is 5.06. The third-order valence-corrected chi connectivity index (χ3v) is 5.29. The van der Waals surface area contributed by atoms with Crippen molar-refractivity contribution >= 4 is 35.1 Å². The van der Waals surface area contributed by atoms with Crippen LogP contribution in [-0.4, -0.2) is 48.7 Å². The lowest BCUT2D eigenvalue weighted by molar-refractivity contribution is -0.147. The lowest BCUT2D eigenvalue weighted by Crippen LogP contribution is -2.51. The number of benzene rings is 1. The molecule has 2 heterocycles. The molecule has 0 radical (unpaired) electrons. The molecule has 1 atom stereocenters. The molecule has 0 saturated carbocycles. The van der Waals surface area contributed by atoms with Gasteiger partial charge in [-0.3, -0.25) is 4.79 Å². The highest BCUT2D eigenvalue weighted by atomic mass is 35.5. The van der Waals surface area contributed by atoms with E-state index in [-0.39, 0.29) is 5.82 Å². The Hall–Kier alpha value is -2.12. The number of rotatable bonds is 4. The molecule has 3 rings (SSSR count). The molecule has 1 unspecified atom stereocenters. The number of amides is 1. The topological polar surface area (TPSA) is 88.3 Å². The molecule has 138 valence electrons. The van der Waals surface area contributed by atoms with Gasteiger partial charge in [0.2, 0.25) is 5.82 Å². The number of carbonyl (C=O) groups excluding carboxylic acids is 1. The summed E-state index contributed by atoms with van der Waals surface area (Å²) in [6.07, 6.45) is 1.51. The quantitative estimate of drug-likeness (QED) is 0.856. The summed E-state index contributed by atoms with van der Waals surface area (Å²) >= 11 is 12.5. The Balaban J connectivity index is 2.04. The summed E-state index contributed by atoms with van der Waals surface area (Å²) in [4.78, 5) is 30.2. The summed E-state index contributed by atoms with van der Waals surface area (Å²) in [5.74, 6) is -1.09. The molecule has 0 aliphatic carbocycles. The summed E-state index contributed by atoms with van der Waals surface area (Å²) in [6.45, 7) is 3.77. The molecule has 1 fully saturated rings. The van der Waals surface area contributed by atoms with Gasteiger partial charge in [0.25, 0.3) is 5.91 Å². The Labute approximate surface area is 160 Å². The second-order valence-corrected chi connectivity index (χ2v) is 7.14. The van der Waals surface area contributed by atoms with E-state index in [0.717, 1.165) is 0 Å². The first kappa shape index (κ1) is 18.7. The molecule has 2 aromatic rings. The molecule has 1 amide bonds. The van der Waals surface area contributed by atoms with Crippen LogP contribution in [0.3, 0.4) is 0 Å². The van der Waals surface area contributed by atoms with Gasteiger partial charge in [0.1, 0.15) is 17.1 Å². The van der Waals surface area contributed by atoms with Gasteiger partial charge in [-0.25, -0.2) is 14.5 Å². The average molecular weight is 397 g/mol. The number of hydrogen-bond acceptors (Lipinski definition) is 4. The van der Waals surface area contributed by atoms with Crippen molar-refractivity contribution in [2.75, 3.05) is 6.54 Å². The second kappa shape index (κ2) is 6.89. The van der Waals surface area contributed by atoms with Crippen LogP contribution >= 0.6 is 23.2 Å². The predicted molar refractivity (Wildman–Crippen MR) is 97.1 cm³/mol. The fourth-order valence-corrected chi connectivity index (χ4v) is 3.72. The number of halogens is 2. The van der Waals surface area contributed by atoms with Crippen LogP contribution in [0.2, 0.25) is 10.0 Å². The predicted octanol–water partition coefficient (Wildman–Crippen LogP) is 3.22. The Morgan fingerprint density at radius 2 is 1.96 bits per heavy atom. The van der Waals surface area contributed by atoms with Gasteiger partial charge in [-0.15, -0.1) is 5.10 Å². The zero-order valence-corrected chi connectivity index (χ0v) is 15.9. The van der Waals surface area contributed by atoms with Gasteiger partial charge >= 0.3 is 5.97 Å². The third kappa shape index (κ3) is 2.95. The smallest absolute Gasteiger partial charge is 0.329 e. The van der Waals surface area contributed by atoms with Crippen LogP contribution in [0.1, 0.15) is 43.1 Å². The van der Waals surface area contributed by atoms with Crippen LogP contribution in [0.25, 0.3) is 5.69 Å². The standard InChI is InChI=1S/C17H18Cl2N4O3/c1-3-12-20-14(15(24)22-9-5-8-17(22,2)16(25)26)21-23(12)13-10(18)6-4-7-11(13)19/h4,6-7H,3,5,8-9H2,1-2H3,(H,25,26). The van der Waals surface area contributed by atoms with Crippen LogP contribution in [0.4, 0.5) is 0 Å². The van der Waals surface area contributed by atoms with Gasteiger partial charge in [0.05, 0.1) is 10.0 Å². The highest BCUT2D eigenvalue weighted by Crippen LogP contribution is 2.32. The molecule has 0 bridgehead atoms. The average Bonchev–Trinajstić information content (AvgIpc) is 3.19. The molecule has 9 heteroatoms. The Bertz CT molecular complexity index is 863. The van der Waals surface area contributed by atoms with Crippen molar-refractivity contribution in [3.8, 4) is 5.69 Å². The first-order chi connectivity index (χ1) is 12.3. The molecular formula is C17H18Cl2N4O3. The summed E-state index contributed by atoms with van der Waals surface area (Å²) < 4.78 is 1.45. The lowest BCUT2D eigenvalue weighted by atomic mass is 9.99. The number of likely N-dealkylation sites (tertiary alicyclic amines) is 1. The van der Waals surface area contributed by atoms with E-state index in [9.17, 15) is 14.7 Å². The molecule has 1 aliphatic rings. The molecule has 26 heavy (non-hydrogen) atoms. The second-order valence-electron chi connectivity index (χ2n) is 6.33. The summed E-state index contributed by atoms with van der Waals surface area (Å²) in [7, 11) is 0. The molecule has 0 spiro atoms. The minimum atomic E-state index is -1.25. The van der Waals surface area contributed by atoms with Gasteiger partial charge in [-0.05, 0) is 31.9 Å². The number of para-hydroxylation sites is 1. The molecule has 1 aromatic carbocycles. The van der Waals surface area contributed by atoms with Gasteiger partial charge in [-0.2, -0.15) is 0 Å². The van der Waals surface area contributed by atoms with Crippen molar-refractivity contribution in [1.29, 1.82) is 0 Å². The van der Waals surface area contributed by atoms with Crippen LogP contribution in [0.15, 0.2) is 18.2 Å². The van der Waals surface area contributed by atoms with Crippen molar-refractivity contribution < 1.29 is 14.7 Å². The number of aryl methyl sites for hydroxylation is 1. The van der Waals surface area contributed by atoms with Crippen LogP contribution in [0.5, 0.6) is 0 Å². The molecule has 1 N–H and O–H groups in total. The highest BCUT2D eigenvalue weighted by molar-refractivity contribution is 6.37. The molecule has 7 nitrogen and oxygen atoms in total. The van der Waals surface area contributed by atoms with E-state index in [1.165, 1.54) is 9.58 Å². The van der Waals surface area contributed by atoms with E-state index in [4.69, 9.17) is 23.2 Å². The monoisotopic (exact) mass is 396 g/mol. The minimum absolute atomic E-state index is 0.0628. The number of hydrogen-bond donors (Lipinski definition) is 1. The van der Waals surface area contributed by atoms with Crippen LogP contribution in [-0.2, 0) is 11.2 Å². The van der Waals surface area contributed by atoms with Crippen molar-refractivity contribution in [1.82, 2.24) is 19.7 Å². The van der Waals surface area contributed by atoms with Crippen molar-refractivity contribution in [3.05, 3.63) is 39.9 Å². The summed E-state index contributed by atoms with van der Waals surface area (Å²) in [5.41, 5.74) is -0.807. The van der Waals surface area contributed by atoms with Crippen LogP contribution < -0.4 is 0 Å². The molecule has 1 saturated heterocycles. The number of carboxylic acid groups (broad SMARTS) is 1. The number of nitrogens with zero attached hydrogens (tertiary/aromatic N) is 4. The minimum Gasteiger partial charge on any atom is -0.480 e. The van der Waals surface area contributed by atoms with Gasteiger partial charge in [-0.1, -0.05) is 36.2 Å². The van der Waals surface area contributed by atoms with Gasteiger partial charge in [0, 0.05) is 13.0 Å².